The maximum atomic E-state index is 12.6. The predicted octanol–water partition coefficient (Wildman–Crippen LogP) is 2.88. The third-order valence-corrected chi connectivity index (χ3v) is 5.72. The Labute approximate surface area is 173 Å². The Morgan fingerprint density at radius 2 is 2.07 bits per heavy atom. The van der Waals surface area contributed by atoms with Crippen LogP contribution in [0.3, 0.4) is 0 Å². The van der Waals surface area contributed by atoms with Crippen LogP contribution < -0.4 is 5.32 Å². The number of thioether (sulfide) groups is 1. The third kappa shape index (κ3) is 4.92. The highest BCUT2D eigenvalue weighted by Gasteiger charge is 2.20. The van der Waals surface area contributed by atoms with E-state index < -0.39 is 0 Å². The fourth-order valence-corrected chi connectivity index (χ4v) is 4.05. The summed E-state index contributed by atoms with van der Waals surface area (Å²) in [4.78, 5) is 24.4. The van der Waals surface area contributed by atoms with Crippen LogP contribution in [0.5, 0.6) is 0 Å². The maximum Gasteiger partial charge on any atom is 0.238 e. The Hall–Kier alpha value is -2.49. The number of hydrogen-bond donors (Lipinski definition) is 1. The van der Waals surface area contributed by atoms with E-state index in [1.807, 2.05) is 31.2 Å². The van der Waals surface area contributed by atoms with Crippen LogP contribution in [0, 0.1) is 6.92 Å². The lowest BCUT2D eigenvalue weighted by atomic mass is 10.2. The zero-order chi connectivity index (χ0) is 20.2. The van der Waals surface area contributed by atoms with Crippen LogP contribution in [-0.2, 0) is 16.1 Å². The van der Waals surface area contributed by atoms with Gasteiger partial charge in [-0.3, -0.25) is 9.69 Å². The highest BCUT2D eigenvalue weighted by atomic mass is 32.2. The van der Waals surface area contributed by atoms with Crippen molar-refractivity contribution in [2.75, 3.05) is 31.6 Å². The summed E-state index contributed by atoms with van der Waals surface area (Å²) in [5, 5.41) is 7.99. The number of benzene rings is 1. The number of hydrogen-bond acceptors (Lipinski definition) is 8. The molecule has 1 amide bonds. The zero-order valence-corrected chi connectivity index (χ0v) is 17.2. The molecule has 0 saturated carbocycles. The summed E-state index contributed by atoms with van der Waals surface area (Å²) >= 11 is 1.42. The summed E-state index contributed by atoms with van der Waals surface area (Å²) in [6.45, 7) is 7.50. The van der Waals surface area contributed by atoms with Gasteiger partial charge in [-0.15, -0.1) is 0 Å². The van der Waals surface area contributed by atoms with Crippen LogP contribution in [0.2, 0.25) is 0 Å². The molecule has 1 atom stereocenters. The van der Waals surface area contributed by atoms with E-state index in [-0.39, 0.29) is 11.2 Å². The molecule has 1 aliphatic heterocycles. The minimum atomic E-state index is -0.360. The number of anilines is 1. The van der Waals surface area contributed by atoms with Gasteiger partial charge in [-0.1, -0.05) is 35.1 Å². The van der Waals surface area contributed by atoms with Gasteiger partial charge < -0.3 is 14.6 Å². The van der Waals surface area contributed by atoms with Gasteiger partial charge in [-0.2, -0.15) is 0 Å². The number of carbonyl (C=O) groups excluding carboxylic acids is 1. The number of para-hydroxylation sites is 1. The number of aryl methyl sites for hydroxylation is 1. The van der Waals surface area contributed by atoms with Crippen molar-refractivity contribution in [2.24, 2.45) is 0 Å². The van der Waals surface area contributed by atoms with Gasteiger partial charge in [0.15, 0.2) is 5.82 Å². The number of morpholine rings is 1. The van der Waals surface area contributed by atoms with E-state index in [4.69, 9.17) is 19.2 Å². The summed E-state index contributed by atoms with van der Waals surface area (Å²) in [5.74, 6) is 1.67. The molecule has 2 aromatic heterocycles. The molecular formula is C20H23N5O3S. The van der Waals surface area contributed by atoms with E-state index in [2.05, 4.69) is 15.4 Å². The number of carbonyl (C=O) groups is 1. The van der Waals surface area contributed by atoms with Gasteiger partial charge in [0.05, 0.1) is 30.5 Å². The van der Waals surface area contributed by atoms with Gasteiger partial charge in [-0.05, 0) is 19.9 Å². The highest BCUT2D eigenvalue weighted by molar-refractivity contribution is 8.00. The van der Waals surface area contributed by atoms with E-state index in [1.54, 1.807) is 13.0 Å². The van der Waals surface area contributed by atoms with E-state index >= 15 is 0 Å². The van der Waals surface area contributed by atoms with Crippen molar-refractivity contribution in [1.82, 2.24) is 20.0 Å². The zero-order valence-electron chi connectivity index (χ0n) is 16.4. The first-order valence-electron chi connectivity index (χ1n) is 9.55. The molecule has 1 aromatic carbocycles. The van der Waals surface area contributed by atoms with Crippen molar-refractivity contribution in [3.05, 3.63) is 41.9 Å². The van der Waals surface area contributed by atoms with E-state index in [0.29, 0.717) is 18.1 Å². The van der Waals surface area contributed by atoms with Gasteiger partial charge in [0.1, 0.15) is 16.6 Å². The molecule has 3 aromatic rings. The van der Waals surface area contributed by atoms with Crippen molar-refractivity contribution >= 4 is 34.4 Å². The molecule has 3 heterocycles. The topological polar surface area (TPSA) is 93.4 Å². The Morgan fingerprint density at radius 3 is 2.83 bits per heavy atom. The lowest BCUT2D eigenvalue weighted by Gasteiger charge is -2.26. The quantitative estimate of drug-likeness (QED) is 0.487. The first kappa shape index (κ1) is 19.8. The standard InChI is InChI=1S/C20H23N5O3S/c1-13-11-17(24-28-13)22-19(26)14(2)29-20-15-5-3-4-6-16(15)21-18(23-20)12-25-7-9-27-10-8-25/h3-6,11,14H,7-10,12H2,1-2H3,(H,22,24,26)/t14-/m1/s1. The van der Waals surface area contributed by atoms with Crippen LogP contribution in [0.25, 0.3) is 10.9 Å². The van der Waals surface area contributed by atoms with Crippen LogP contribution in [0.1, 0.15) is 18.5 Å². The van der Waals surface area contributed by atoms with Gasteiger partial charge in [-0.25, -0.2) is 9.97 Å². The Balaban J connectivity index is 1.53. The minimum absolute atomic E-state index is 0.152. The normalized spacial score (nSPS) is 16.1. The Morgan fingerprint density at radius 1 is 1.28 bits per heavy atom. The molecule has 0 spiro atoms. The molecule has 1 N–H and O–H groups in total. The van der Waals surface area contributed by atoms with Crippen LogP contribution in [0.15, 0.2) is 39.9 Å². The van der Waals surface area contributed by atoms with Crippen LogP contribution in [-0.4, -0.2) is 57.5 Å². The number of fused-ring (bicyclic) bond motifs is 1. The second-order valence-electron chi connectivity index (χ2n) is 6.92. The maximum absolute atomic E-state index is 12.6. The molecule has 152 valence electrons. The van der Waals surface area contributed by atoms with Crippen molar-refractivity contribution in [3.8, 4) is 0 Å². The lowest BCUT2D eigenvalue weighted by Crippen LogP contribution is -2.36. The van der Waals surface area contributed by atoms with E-state index in [1.165, 1.54) is 11.8 Å². The second-order valence-corrected chi connectivity index (χ2v) is 8.25. The molecule has 9 heteroatoms. The summed E-state index contributed by atoms with van der Waals surface area (Å²) in [6, 6.07) is 9.58. The smallest absolute Gasteiger partial charge is 0.238 e. The van der Waals surface area contributed by atoms with Crippen molar-refractivity contribution < 1.29 is 14.1 Å². The third-order valence-electron chi connectivity index (χ3n) is 4.62. The van der Waals surface area contributed by atoms with Gasteiger partial charge in [0, 0.05) is 24.5 Å². The van der Waals surface area contributed by atoms with E-state index in [0.717, 1.165) is 48.1 Å². The lowest BCUT2D eigenvalue weighted by molar-refractivity contribution is -0.115. The molecule has 0 unspecified atom stereocenters. The fourth-order valence-electron chi connectivity index (χ4n) is 3.09. The molecule has 1 fully saturated rings. The van der Waals surface area contributed by atoms with Gasteiger partial charge in [0.25, 0.3) is 0 Å². The molecule has 0 radical (unpaired) electrons. The second kappa shape index (κ2) is 8.89. The monoisotopic (exact) mass is 413 g/mol. The molecule has 4 rings (SSSR count). The minimum Gasteiger partial charge on any atom is -0.379 e. The SMILES string of the molecule is Cc1cc(NC(=O)[C@@H](C)Sc2nc(CN3CCOCC3)nc3ccccc23)no1. The number of ether oxygens (including phenoxy) is 1. The molecule has 1 saturated heterocycles. The average Bonchev–Trinajstić information content (AvgIpc) is 3.13. The summed E-state index contributed by atoms with van der Waals surface area (Å²) in [6.07, 6.45) is 0. The van der Waals surface area contributed by atoms with Crippen LogP contribution >= 0.6 is 11.8 Å². The Bertz CT molecular complexity index is 1000. The van der Waals surface area contributed by atoms with Gasteiger partial charge >= 0.3 is 0 Å². The Kier molecular flexibility index (Phi) is 6.08. The molecule has 8 nitrogen and oxygen atoms in total. The highest BCUT2D eigenvalue weighted by Crippen LogP contribution is 2.29. The van der Waals surface area contributed by atoms with Crippen LogP contribution in [0.4, 0.5) is 5.82 Å². The fraction of sp³-hybridized carbons (Fsp3) is 0.400. The number of rotatable bonds is 6. The summed E-state index contributed by atoms with van der Waals surface area (Å²) in [5.41, 5.74) is 0.882. The van der Waals surface area contributed by atoms with E-state index in [9.17, 15) is 4.79 Å². The predicted molar refractivity (Wildman–Crippen MR) is 111 cm³/mol. The summed E-state index contributed by atoms with van der Waals surface area (Å²) < 4.78 is 10.4. The molecule has 1 aliphatic rings. The molecular weight excluding hydrogens is 390 g/mol. The number of amides is 1. The van der Waals surface area contributed by atoms with Crippen molar-refractivity contribution in [3.63, 3.8) is 0 Å². The molecule has 29 heavy (non-hydrogen) atoms. The molecule has 0 bridgehead atoms. The molecule has 0 aliphatic carbocycles. The largest absolute Gasteiger partial charge is 0.379 e. The van der Waals surface area contributed by atoms with Crippen molar-refractivity contribution in [2.45, 2.75) is 30.7 Å². The number of nitrogens with zero attached hydrogens (tertiary/aromatic N) is 4. The van der Waals surface area contributed by atoms with Crippen molar-refractivity contribution in [1.29, 1.82) is 0 Å². The number of aromatic nitrogens is 3. The van der Waals surface area contributed by atoms with Gasteiger partial charge in [0.2, 0.25) is 5.91 Å². The average molecular weight is 414 g/mol. The first-order chi connectivity index (χ1) is 14.1. The number of nitrogens with one attached hydrogen (secondary N) is 1. The first-order valence-corrected chi connectivity index (χ1v) is 10.4. The summed E-state index contributed by atoms with van der Waals surface area (Å²) in [7, 11) is 0.